The van der Waals surface area contributed by atoms with Crippen molar-refractivity contribution < 1.29 is 9.26 Å². The maximum atomic E-state index is 5.70. The highest BCUT2D eigenvalue weighted by atomic mass is 16.5. The van der Waals surface area contributed by atoms with Crippen LogP contribution in [0.3, 0.4) is 0 Å². The van der Waals surface area contributed by atoms with Gasteiger partial charge in [0.05, 0.1) is 6.61 Å². The normalized spacial score (nSPS) is 11.0. The number of rotatable bonds is 12. The Morgan fingerprint density at radius 1 is 0.759 bits per heavy atom. The van der Waals surface area contributed by atoms with E-state index in [9.17, 15) is 0 Å². The first-order valence-electron chi connectivity index (χ1n) is 11.0. The Hall–Kier alpha value is -2.62. The van der Waals surface area contributed by atoms with Crippen molar-refractivity contribution in [3.8, 4) is 28.6 Å². The zero-order chi connectivity index (χ0) is 20.3. The Labute approximate surface area is 174 Å². The Bertz CT molecular complexity index is 838. The first-order valence-corrected chi connectivity index (χ1v) is 11.0. The lowest BCUT2D eigenvalue weighted by molar-refractivity contribution is 0.309. The van der Waals surface area contributed by atoms with Gasteiger partial charge in [-0.1, -0.05) is 75.4 Å². The van der Waals surface area contributed by atoms with Crippen LogP contribution in [-0.2, 0) is 6.42 Å². The molecule has 3 aromatic rings. The van der Waals surface area contributed by atoms with E-state index in [0.717, 1.165) is 42.7 Å². The summed E-state index contributed by atoms with van der Waals surface area (Å²) in [4.78, 5) is 4.56. The van der Waals surface area contributed by atoms with Crippen molar-refractivity contribution in [3.05, 3.63) is 54.1 Å². The van der Waals surface area contributed by atoms with Crippen LogP contribution < -0.4 is 4.74 Å². The van der Waals surface area contributed by atoms with Gasteiger partial charge in [-0.2, -0.15) is 4.98 Å². The maximum Gasteiger partial charge on any atom is 0.258 e. The molecule has 2 aromatic carbocycles. The Morgan fingerprint density at radius 3 is 2.17 bits per heavy atom. The summed E-state index contributed by atoms with van der Waals surface area (Å²) in [5, 5.41) is 4.15. The van der Waals surface area contributed by atoms with Crippen molar-refractivity contribution in [2.45, 2.75) is 65.2 Å². The molecule has 0 bridgehead atoms. The second-order valence-corrected chi connectivity index (χ2v) is 7.51. The zero-order valence-electron chi connectivity index (χ0n) is 17.7. The molecule has 0 aliphatic heterocycles. The second kappa shape index (κ2) is 11.4. The fourth-order valence-corrected chi connectivity index (χ4v) is 3.24. The molecular weight excluding hydrogens is 360 g/mol. The third-order valence-corrected chi connectivity index (χ3v) is 5.08. The Morgan fingerprint density at radius 2 is 1.45 bits per heavy atom. The van der Waals surface area contributed by atoms with Crippen molar-refractivity contribution in [1.29, 1.82) is 0 Å². The van der Waals surface area contributed by atoms with E-state index >= 15 is 0 Å². The van der Waals surface area contributed by atoms with Gasteiger partial charge in [-0.15, -0.1) is 0 Å². The highest BCUT2D eigenvalue weighted by Gasteiger charge is 2.11. The highest BCUT2D eigenvalue weighted by Crippen LogP contribution is 2.24. The summed E-state index contributed by atoms with van der Waals surface area (Å²) in [5.41, 5.74) is 3.25. The molecule has 0 saturated heterocycles. The standard InChI is InChI=1S/C25H32N2O2/c1-3-5-7-8-9-10-20-11-13-21(14-12-20)24-26-25(29-27-24)22-15-17-23(18-16-22)28-19-6-4-2/h11-18H,3-10,19H2,1-2H3. The summed E-state index contributed by atoms with van der Waals surface area (Å²) < 4.78 is 11.2. The minimum Gasteiger partial charge on any atom is -0.494 e. The largest absolute Gasteiger partial charge is 0.494 e. The predicted octanol–water partition coefficient (Wildman–Crippen LogP) is 7.10. The molecule has 154 valence electrons. The third kappa shape index (κ3) is 6.45. The van der Waals surface area contributed by atoms with Gasteiger partial charge in [0.25, 0.3) is 5.89 Å². The molecule has 1 aromatic heterocycles. The van der Waals surface area contributed by atoms with Crippen molar-refractivity contribution in [2.75, 3.05) is 6.61 Å². The quantitative estimate of drug-likeness (QED) is 0.309. The lowest BCUT2D eigenvalue weighted by Crippen LogP contribution is -1.95. The fraction of sp³-hybridized carbons (Fsp3) is 0.440. The maximum absolute atomic E-state index is 5.70. The SMILES string of the molecule is CCCCCCCc1ccc(-c2noc(-c3ccc(OCCCC)cc3)n2)cc1. The molecule has 0 amide bonds. The lowest BCUT2D eigenvalue weighted by Gasteiger charge is -2.04. The monoisotopic (exact) mass is 392 g/mol. The van der Waals surface area contributed by atoms with Crippen LogP contribution in [0.25, 0.3) is 22.8 Å². The van der Waals surface area contributed by atoms with Crippen LogP contribution in [0.2, 0.25) is 0 Å². The molecule has 4 nitrogen and oxygen atoms in total. The molecule has 4 heteroatoms. The number of hydrogen-bond acceptors (Lipinski definition) is 4. The minimum atomic E-state index is 0.528. The molecule has 29 heavy (non-hydrogen) atoms. The Balaban J connectivity index is 1.56. The predicted molar refractivity (Wildman–Crippen MR) is 118 cm³/mol. The molecule has 0 spiro atoms. The number of aryl methyl sites for hydroxylation is 1. The van der Waals surface area contributed by atoms with Gasteiger partial charge in [0, 0.05) is 11.1 Å². The van der Waals surface area contributed by atoms with Gasteiger partial charge in [0.15, 0.2) is 0 Å². The molecule has 0 atom stereocenters. The summed E-state index contributed by atoms with van der Waals surface area (Å²) in [6, 6.07) is 16.3. The van der Waals surface area contributed by atoms with E-state index in [1.54, 1.807) is 0 Å². The molecule has 1 heterocycles. The number of hydrogen-bond donors (Lipinski definition) is 0. The summed E-state index contributed by atoms with van der Waals surface area (Å²) in [6.45, 7) is 5.15. The van der Waals surface area contributed by atoms with Crippen molar-refractivity contribution in [1.82, 2.24) is 10.1 Å². The number of ether oxygens (including phenoxy) is 1. The van der Waals surface area contributed by atoms with Crippen LogP contribution >= 0.6 is 0 Å². The van der Waals surface area contributed by atoms with Crippen LogP contribution in [0.15, 0.2) is 53.1 Å². The number of aromatic nitrogens is 2. The molecular formula is C25H32N2O2. The molecule has 0 aliphatic carbocycles. The Kier molecular flexibility index (Phi) is 8.29. The average Bonchev–Trinajstić information content (AvgIpc) is 3.25. The van der Waals surface area contributed by atoms with Gasteiger partial charge in [-0.25, -0.2) is 0 Å². The van der Waals surface area contributed by atoms with Gasteiger partial charge in [-0.05, 0) is 49.1 Å². The van der Waals surface area contributed by atoms with E-state index < -0.39 is 0 Å². The van der Waals surface area contributed by atoms with Gasteiger partial charge in [-0.3, -0.25) is 0 Å². The molecule has 0 saturated carbocycles. The van der Waals surface area contributed by atoms with E-state index in [1.165, 1.54) is 37.7 Å². The van der Waals surface area contributed by atoms with Crippen LogP contribution in [0, 0.1) is 0 Å². The number of benzene rings is 2. The molecule has 0 N–H and O–H groups in total. The van der Waals surface area contributed by atoms with E-state index in [4.69, 9.17) is 9.26 Å². The summed E-state index contributed by atoms with van der Waals surface area (Å²) >= 11 is 0. The van der Waals surface area contributed by atoms with E-state index in [0.29, 0.717) is 11.7 Å². The summed E-state index contributed by atoms with van der Waals surface area (Å²) in [7, 11) is 0. The van der Waals surface area contributed by atoms with E-state index in [1.807, 2.05) is 24.3 Å². The second-order valence-electron chi connectivity index (χ2n) is 7.51. The van der Waals surface area contributed by atoms with Crippen LogP contribution in [0.4, 0.5) is 0 Å². The minimum absolute atomic E-state index is 0.528. The molecule has 0 aliphatic rings. The van der Waals surface area contributed by atoms with Gasteiger partial charge < -0.3 is 9.26 Å². The first kappa shape index (κ1) is 21.1. The summed E-state index contributed by atoms with van der Waals surface area (Å²) in [5.74, 6) is 2.02. The number of unbranched alkanes of at least 4 members (excludes halogenated alkanes) is 5. The third-order valence-electron chi connectivity index (χ3n) is 5.08. The van der Waals surface area contributed by atoms with Gasteiger partial charge >= 0.3 is 0 Å². The lowest BCUT2D eigenvalue weighted by atomic mass is 10.0. The van der Waals surface area contributed by atoms with Crippen LogP contribution in [-0.4, -0.2) is 16.7 Å². The molecule has 3 rings (SSSR count). The van der Waals surface area contributed by atoms with Crippen molar-refractivity contribution >= 4 is 0 Å². The topological polar surface area (TPSA) is 48.2 Å². The van der Waals surface area contributed by atoms with Gasteiger partial charge in [0.2, 0.25) is 5.82 Å². The van der Waals surface area contributed by atoms with Crippen molar-refractivity contribution in [3.63, 3.8) is 0 Å². The van der Waals surface area contributed by atoms with Crippen LogP contribution in [0.1, 0.15) is 64.4 Å². The fourth-order valence-electron chi connectivity index (χ4n) is 3.24. The average molecular weight is 393 g/mol. The van der Waals surface area contributed by atoms with E-state index in [2.05, 4.69) is 48.3 Å². The molecule has 0 unspecified atom stereocenters. The van der Waals surface area contributed by atoms with Crippen molar-refractivity contribution in [2.24, 2.45) is 0 Å². The molecule has 0 fully saturated rings. The van der Waals surface area contributed by atoms with E-state index in [-0.39, 0.29) is 0 Å². The smallest absolute Gasteiger partial charge is 0.258 e. The highest BCUT2D eigenvalue weighted by molar-refractivity contribution is 5.60. The molecule has 0 radical (unpaired) electrons. The van der Waals surface area contributed by atoms with Gasteiger partial charge in [0.1, 0.15) is 5.75 Å². The van der Waals surface area contributed by atoms with Crippen LogP contribution in [0.5, 0.6) is 5.75 Å². The zero-order valence-corrected chi connectivity index (χ0v) is 17.7. The number of nitrogens with zero attached hydrogens (tertiary/aromatic N) is 2. The summed E-state index contributed by atoms with van der Waals surface area (Å²) in [6.07, 6.45) is 9.86. The first-order chi connectivity index (χ1) is 14.3.